The van der Waals surface area contributed by atoms with Crippen LogP contribution in [0.15, 0.2) is 24.3 Å². The summed E-state index contributed by atoms with van der Waals surface area (Å²) < 4.78 is 5.50. The molecule has 0 bridgehead atoms. The van der Waals surface area contributed by atoms with Gasteiger partial charge >= 0.3 is 0 Å². The quantitative estimate of drug-likeness (QED) is 0.558. The van der Waals surface area contributed by atoms with Gasteiger partial charge in [-0.05, 0) is 25.0 Å². The molecule has 2 nitrogen and oxygen atoms in total. The first-order chi connectivity index (χ1) is 9.33. The number of anilines is 1. The highest BCUT2D eigenvalue weighted by Crippen LogP contribution is 2.28. The second kappa shape index (κ2) is 9.71. The van der Waals surface area contributed by atoms with E-state index in [0.717, 1.165) is 18.8 Å². The summed E-state index contributed by atoms with van der Waals surface area (Å²) in [7, 11) is 1.76. The lowest BCUT2D eigenvalue weighted by atomic mass is 10.2. The van der Waals surface area contributed by atoms with Crippen LogP contribution in [0.2, 0.25) is 0 Å². The van der Waals surface area contributed by atoms with Crippen molar-refractivity contribution in [3.05, 3.63) is 24.3 Å². The van der Waals surface area contributed by atoms with Crippen LogP contribution in [-0.2, 0) is 0 Å². The molecule has 0 amide bonds. The molecule has 0 aromatic heterocycles. The van der Waals surface area contributed by atoms with Gasteiger partial charge in [0.15, 0.2) is 0 Å². The lowest BCUT2D eigenvalue weighted by Crippen LogP contribution is -2.26. The Morgan fingerprint density at radius 2 is 1.47 bits per heavy atom. The highest BCUT2D eigenvalue weighted by atomic mass is 16.5. The van der Waals surface area contributed by atoms with E-state index in [1.807, 2.05) is 6.07 Å². The van der Waals surface area contributed by atoms with E-state index in [4.69, 9.17) is 4.74 Å². The standard InChI is InChI=1S/C17H29NO/c1-4-6-10-14-18(15-11-7-5-2)16-12-8-9-13-17(16)19-3/h8-9,12-13H,4-7,10-11,14-15H2,1-3H3. The molecule has 1 aromatic carbocycles. The molecule has 2 heteroatoms. The van der Waals surface area contributed by atoms with Gasteiger partial charge in [-0.15, -0.1) is 0 Å². The maximum absolute atomic E-state index is 5.50. The van der Waals surface area contributed by atoms with Crippen LogP contribution in [0.3, 0.4) is 0 Å². The summed E-state index contributed by atoms with van der Waals surface area (Å²) in [5, 5.41) is 0. The molecule has 0 N–H and O–H groups in total. The minimum absolute atomic E-state index is 0.996. The van der Waals surface area contributed by atoms with E-state index < -0.39 is 0 Å². The smallest absolute Gasteiger partial charge is 0.142 e. The molecule has 0 aliphatic heterocycles. The lowest BCUT2D eigenvalue weighted by Gasteiger charge is -2.26. The number of nitrogens with zero attached hydrogens (tertiary/aromatic N) is 1. The molecule has 0 heterocycles. The number of benzene rings is 1. The average molecular weight is 263 g/mol. The minimum atomic E-state index is 0.996. The van der Waals surface area contributed by atoms with Crippen LogP contribution in [0, 0.1) is 0 Å². The summed E-state index contributed by atoms with van der Waals surface area (Å²) in [6.07, 6.45) is 7.68. The maximum atomic E-state index is 5.50. The summed E-state index contributed by atoms with van der Waals surface area (Å²) >= 11 is 0. The van der Waals surface area contributed by atoms with Gasteiger partial charge in [0.05, 0.1) is 12.8 Å². The first kappa shape index (κ1) is 15.9. The first-order valence-electron chi connectivity index (χ1n) is 7.71. The van der Waals surface area contributed by atoms with E-state index in [2.05, 4.69) is 36.9 Å². The number of unbranched alkanes of at least 4 members (excludes halogenated alkanes) is 4. The van der Waals surface area contributed by atoms with Gasteiger partial charge < -0.3 is 9.64 Å². The van der Waals surface area contributed by atoms with Gasteiger partial charge in [0.2, 0.25) is 0 Å². The van der Waals surface area contributed by atoms with Gasteiger partial charge in [0, 0.05) is 13.1 Å². The van der Waals surface area contributed by atoms with Crippen LogP contribution in [-0.4, -0.2) is 20.2 Å². The molecule has 0 aliphatic carbocycles. The van der Waals surface area contributed by atoms with Crippen molar-refractivity contribution in [1.29, 1.82) is 0 Å². The zero-order chi connectivity index (χ0) is 13.9. The number of hydrogen-bond donors (Lipinski definition) is 0. The van der Waals surface area contributed by atoms with Crippen LogP contribution >= 0.6 is 0 Å². The Kier molecular flexibility index (Phi) is 8.11. The number of para-hydroxylation sites is 2. The van der Waals surface area contributed by atoms with Crippen molar-refractivity contribution < 1.29 is 4.74 Å². The molecule has 0 radical (unpaired) electrons. The van der Waals surface area contributed by atoms with Crippen molar-refractivity contribution >= 4 is 5.69 Å². The summed E-state index contributed by atoms with van der Waals surface area (Å²) in [6.45, 7) is 6.78. The predicted molar refractivity (Wildman–Crippen MR) is 84.3 cm³/mol. The third kappa shape index (κ3) is 5.54. The second-order valence-corrected chi connectivity index (χ2v) is 5.07. The molecule has 0 fully saturated rings. The zero-order valence-corrected chi connectivity index (χ0v) is 12.8. The van der Waals surface area contributed by atoms with Crippen LogP contribution in [0.4, 0.5) is 5.69 Å². The molecule has 0 aliphatic rings. The Hall–Kier alpha value is -1.18. The highest BCUT2D eigenvalue weighted by molar-refractivity contribution is 5.58. The number of ether oxygens (including phenoxy) is 1. The lowest BCUT2D eigenvalue weighted by molar-refractivity contribution is 0.413. The molecule has 0 unspecified atom stereocenters. The Morgan fingerprint density at radius 1 is 0.895 bits per heavy atom. The van der Waals surface area contributed by atoms with Gasteiger partial charge in [-0.25, -0.2) is 0 Å². The van der Waals surface area contributed by atoms with E-state index >= 15 is 0 Å². The molecule has 108 valence electrons. The van der Waals surface area contributed by atoms with E-state index in [0.29, 0.717) is 0 Å². The Morgan fingerprint density at radius 3 is 2.00 bits per heavy atom. The topological polar surface area (TPSA) is 12.5 Å². The second-order valence-electron chi connectivity index (χ2n) is 5.07. The van der Waals surface area contributed by atoms with E-state index in [1.54, 1.807) is 7.11 Å². The van der Waals surface area contributed by atoms with Crippen molar-refractivity contribution in [1.82, 2.24) is 0 Å². The van der Waals surface area contributed by atoms with Crippen LogP contribution in [0.5, 0.6) is 5.75 Å². The molecule has 0 spiro atoms. The fraction of sp³-hybridized carbons (Fsp3) is 0.647. The molecule has 1 rings (SSSR count). The SMILES string of the molecule is CCCCCN(CCCCC)c1ccccc1OC. The van der Waals surface area contributed by atoms with Crippen LogP contribution in [0.1, 0.15) is 52.4 Å². The average Bonchev–Trinajstić information content (AvgIpc) is 2.46. The summed E-state index contributed by atoms with van der Waals surface area (Å²) in [5.41, 5.74) is 1.25. The zero-order valence-electron chi connectivity index (χ0n) is 12.8. The normalized spacial score (nSPS) is 10.5. The first-order valence-corrected chi connectivity index (χ1v) is 7.71. The van der Waals surface area contributed by atoms with Crippen LogP contribution < -0.4 is 9.64 Å². The van der Waals surface area contributed by atoms with Gasteiger partial charge in [0.1, 0.15) is 5.75 Å². The number of hydrogen-bond acceptors (Lipinski definition) is 2. The van der Waals surface area contributed by atoms with E-state index in [-0.39, 0.29) is 0 Å². The largest absolute Gasteiger partial charge is 0.495 e. The monoisotopic (exact) mass is 263 g/mol. The molecular formula is C17H29NO. The van der Waals surface area contributed by atoms with Crippen molar-refractivity contribution in [2.45, 2.75) is 52.4 Å². The Labute approximate surface area is 118 Å². The van der Waals surface area contributed by atoms with Crippen molar-refractivity contribution in [2.75, 3.05) is 25.1 Å². The molecule has 0 atom stereocenters. The van der Waals surface area contributed by atoms with Crippen LogP contribution in [0.25, 0.3) is 0 Å². The third-order valence-electron chi connectivity index (χ3n) is 3.49. The number of rotatable bonds is 10. The Bertz CT molecular complexity index is 328. The van der Waals surface area contributed by atoms with Gasteiger partial charge in [-0.3, -0.25) is 0 Å². The van der Waals surface area contributed by atoms with Gasteiger partial charge in [0.25, 0.3) is 0 Å². The van der Waals surface area contributed by atoms with E-state index in [1.165, 1.54) is 44.2 Å². The third-order valence-corrected chi connectivity index (χ3v) is 3.49. The summed E-state index contributed by atoms with van der Waals surface area (Å²) in [6, 6.07) is 8.38. The number of methoxy groups -OCH3 is 1. The molecule has 0 saturated heterocycles. The predicted octanol–water partition coefficient (Wildman–Crippen LogP) is 4.88. The fourth-order valence-corrected chi connectivity index (χ4v) is 2.35. The van der Waals surface area contributed by atoms with Gasteiger partial charge in [-0.1, -0.05) is 51.7 Å². The molecular weight excluding hydrogens is 234 g/mol. The maximum Gasteiger partial charge on any atom is 0.142 e. The molecule has 1 aromatic rings. The van der Waals surface area contributed by atoms with Crippen molar-refractivity contribution in [3.8, 4) is 5.75 Å². The Balaban J connectivity index is 2.69. The minimum Gasteiger partial charge on any atom is -0.495 e. The van der Waals surface area contributed by atoms with Gasteiger partial charge in [-0.2, -0.15) is 0 Å². The fourth-order valence-electron chi connectivity index (χ4n) is 2.35. The summed E-state index contributed by atoms with van der Waals surface area (Å²) in [4.78, 5) is 2.49. The molecule has 19 heavy (non-hydrogen) atoms. The summed E-state index contributed by atoms with van der Waals surface area (Å²) in [5.74, 6) is 0.996. The van der Waals surface area contributed by atoms with Crippen molar-refractivity contribution in [3.63, 3.8) is 0 Å². The molecule has 0 saturated carbocycles. The van der Waals surface area contributed by atoms with E-state index in [9.17, 15) is 0 Å². The highest BCUT2D eigenvalue weighted by Gasteiger charge is 2.10. The van der Waals surface area contributed by atoms with Crippen molar-refractivity contribution in [2.24, 2.45) is 0 Å².